The lowest BCUT2D eigenvalue weighted by atomic mass is 10.1. The van der Waals surface area contributed by atoms with Gasteiger partial charge >= 0.3 is 0 Å². The van der Waals surface area contributed by atoms with Gasteiger partial charge in [-0.15, -0.1) is 0 Å². The zero-order valence-electron chi connectivity index (χ0n) is 24.8. The minimum absolute atomic E-state index is 0.0827. The molecule has 214 valence electrons. The molecule has 0 unspecified atom stereocenters. The van der Waals surface area contributed by atoms with Crippen molar-refractivity contribution in [2.75, 3.05) is 0 Å². The van der Waals surface area contributed by atoms with Gasteiger partial charge in [0.2, 0.25) is 11.8 Å². The Balaban J connectivity index is 3.70. The van der Waals surface area contributed by atoms with Gasteiger partial charge < -0.3 is 10.6 Å². The quantitative estimate of drug-likeness (QED) is 0.0816. The fourth-order valence-electron chi connectivity index (χ4n) is 4.90. The van der Waals surface area contributed by atoms with Gasteiger partial charge in [-0.25, -0.2) is 0 Å². The third kappa shape index (κ3) is 26.0. The molecule has 0 bridgehead atoms. The van der Waals surface area contributed by atoms with Gasteiger partial charge in [-0.3, -0.25) is 9.59 Å². The lowest BCUT2D eigenvalue weighted by Gasteiger charge is -2.20. The van der Waals surface area contributed by atoms with Gasteiger partial charge in [-0.2, -0.15) is 0 Å². The van der Waals surface area contributed by atoms with E-state index >= 15 is 0 Å². The summed E-state index contributed by atoms with van der Waals surface area (Å²) in [5.74, 6) is 0.165. The third-order valence-corrected chi connectivity index (χ3v) is 7.26. The van der Waals surface area contributed by atoms with Crippen LogP contribution in [0.3, 0.4) is 0 Å². The van der Waals surface area contributed by atoms with E-state index in [2.05, 4.69) is 31.4 Å². The zero-order valence-corrected chi connectivity index (χ0v) is 24.8. The average molecular weight is 509 g/mol. The van der Waals surface area contributed by atoms with Gasteiger partial charge in [-0.1, -0.05) is 156 Å². The van der Waals surface area contributed by atoms with Crippen molar-refractivity contribution in [3.05, 3.63) is 0 Å². The van der Waals surface area contributed by atoms with Crippen molar-refractivity contribution in [1.82, 2.24) is 10.6 Å². The highest BCUT2D eigenvalue weighted by molar-refractivity contribution is 5.79. The Hall–Kier alpha value is -1.06. The van der Waals surface area contributed by atoms with Crippen LogP contribution in [0.15, 0.2) is 0 Å². The second-order valence-corrected chi connectivity index (χ2v) is 11.0. The maximum absolute atomic E-state index is 12.4. The number of hydrogen-bond acceptors (Lipinski definition) is 2. The molecule has 0 aliphatic rings. The summed E-state index contributed by atoms with van der Waals surface area (Å²) >= 11 is 0. The van der Waals surface area contributed by atoms with Crippen molar-refractivity contribution in [3.8, 4) is 0 Å². The molecule has 0 rings (SSSR count). The Morgan fingerprint density at radius 3 is 0.972 bits per heavy atom. The first-order valence-corrected chi connectivity index (χ1v) is 16.2. The number of rotatable bonds is 28. The molecule has 0 aliphatic heterocycles. The molecular formula is C32H64N2O2. The topological polar surface area (TPSA) is 58.2 Å². The zero-order chi connectivity index (χ0) is 26.5. The van der Waals surface area contributed by atoms with Gasteiger partial charge in [0, 0.05) is 12.8 Å². The van der Waals surface area contributed by atoms with E-state index in [4.69, 9.17) is 0 Å². The maximum Gasteiger partial charge on any atom is 0.221 e. The van der Waals surface area contributed by atoms with E-state index in [9.17, 15) is 9.59 Å². The molecule has 0 aromatic heterocycles. The SMILES string of the molecule is CCCCCCCCCCCCCC(=O)NC(CCC)NC(=O)CCCCCCCCCCCCC. The first-order chi connectivity index (χ1) is 17.6. The average Bonchev–Trinajstić information content (AvgIpc) is 2.86. The fraction of sp³-hybridized carbons (Fsp3) is 0.938. The molecule has 0 saturated carbocycles. The van der Waals surface area contributed by atoms with E-state index in [1.807, 2.05) is 0 Å². The Bertz CT molecular complexity index is 441. The molecule has 0 heterocycles. The molecule has 0 spiro atoms. The van der Waals surface area contributed by atoms with Gasteiger partial charge in [0.25, 0.3) is 0 Å². The molecule has 2 amide bonds. The van der Waals surface area contributed by atoms with Crippen LogP contribution < -0.4 is 10.6 Å². The standard InChI is InChI=1S/C32H64N2O2/c1-4-7-9-11-13-15-17-19-21-23-25-28-31(35)33-30(27-6-3)34-32(36)29-26-24-22-20-18-16-14-12-10-8-5-2/h30H,4-29H2,1-3H3,(H,33,35)(H,34,36). The number of carbonyl (C=O) groups is 2. The van der Waals surface area contributed by atoms with Gasteiger partial charge in [0.1, 0.15) is 6.17 Å². The fourth-order valence-corrected chi connectivity index (χ4v) is 4.90. The van der Waals surface area contributed by atoms with E-state index in [-0.39, 0.29) is 18.0 Å². The minimum atomic E-state index is -0.213. The van der Waals surface area contributed by atoms with Crippen molar-refractivity contribution < 1.29 is 9.59 Å². The normalized spacial score (nSPS) is 11.2. The van der Waals surface area contributed by atoms with E-state index in [1.165, 1.54) is 116 Å². The summed E-state index contributed by atoms with van der Waals surface area (Å²) in [7, 11) is 0. The van der Waals surface area contributed by atoms with E-state index in [0.717, 1.165) is 38.5 Å². The first-order valence-electron chi connectivity index (χ1n) is 16.2. The van der Waals surface area contributed by atoms with Crippen LogP contribution in [0, 0.1) is 0 Å². The van der Waals surface area contributed by atoms with Crippen molar-refractivity contribution in [3.63, 3.8) is 0 Å². The monoisotopic (exact) mass is 508 g/mol. The Morgan fingerprint density at radius 1 is 0.417 bits per heavy atom. The summed E-state index contributed by atoms with van der Waals surface area (Å²) in [5, 5.41) is 6.11. The number of unbranched alkanes of at least 4 members (excludes halogenated alkanes) is 20. The van der Waals surface area contributed by atoms with Crippen LogP contribution in [0.2, 0.25) is 0 Å². The highest BCUT2D eigenvalue weighted by atomic mass is 16.2. The minimum Gasteiger partial charge on any atom is -0.336 e. The number of carbonyl (C=O) groups excluding carboxylic acids is 2. The van der Waals surface area contributed by atoms with Crippen molar-refractivity contribution in [1.29, 1.82) is 0 Å². The third-order valence-electron chi connectivity index (χ3n) is 7.26. The van der Waals surface area contributed by atoms with Crippen LogP contribution >= 0.6 is 0 Å². The number of hydrogen-bond donors (Lipinski definition) is 2. The molecule has 4 nitrogen and oxygen atoms in total. The molecule has 4 heteroatoms. The summed E-state index contributed by atoms with van der Waals surface area (Å²) in [6.45, 7) is 6.63. The van der Waals surface area contributed by atoms with Gasteiger partial charge in [0.05, 0.1) is 0 Å². The molecule has 0 aromatic carbocycles. The molecule has 0 atom stereocenters. The highest BCUT2D eigenvalue weighted by Gasteiger charge is 2.14. The maximum atomic E-state index is 12.4. The van der Waals surface area contributed by atoms with Crippen molar-refractivity contribution >= 4 is 11.8 Å². The van der Waals surface area contributed by atoms with Crippen molar-refractivity contribution in [2.45, 2.75) is 194 Å². The lowest BCUT2D eigenvalue weighted by Crippen LogP contribution is -2.47. The molecule has 2 N–H and O–H groups in total. The van der Waals surface area contributed by atoms with E-state index in [0.29, 0.717) is 12.8 Å². The smallest absolute Gasteiger partial charge is 0.221 e. The van der Waals surface area contributed by atoms with Gasteiger partial charge in [0.15, 0.2) is 0 Å². The summed E-state index contributed by atoms with van der Waals surface area (Å²) in [6.07, 6.45) is 31.0. The Morgan fingerprint density at radius 2 is 0.694 bits per heavy atom. The summed E-state index contributed by atoms with van der Waals surface area (Å²) < 4.78 is 0. The van der Waals surface area contributed by atoms with Crippen LogP contribution in [0.25, 0.3) is 0 Å². The Kier molecular flexibility index (Phi) is 27.7. The van der Waals surface area contributed by atoms with Crippen LogP contribution in [0.5, 0.6) is 0 Å². The number of nitrogens with one attached hydrogen (secondary N) is 2. The van der Waals surface area contributed by atoms with E-state index in [1.54, 1.807) is 0 Å². The molecular weight excluding hydrogens is 444 g/mol. The molecule has 0 aromatic rings. The summed E-state index contributed by atoms with van der Waals surface area (Å²) in [6, 6.07) is 0. The molecule has 36 heavy (non-hydrogen) atoms. The van der Waals surface area contributed by atoms with E-state index < -0.39 is 0 Å². The van der Waals surface area contributed by atoms with Gasteiger partial charge in [-0.05, 0) is 19.3 Å². The molecule has 0 fully saturated rings. The molecule has 0 radical (unpaired) electrons. The first kappa shape index (κ1) is 34.9. The van der Waals surface area contributed by atoms with Crippen LogP contribution in [0.1, 0.15) is 188 Å². The second kappa shape index (κ2) is 28.5. The predicted molar refractivity (Wildman–Crippen MR) is 157 cm³/mol. The van der Waals surface area contributed by atoms with Crippen LogP contribution in [-0.4, -0.2) is 18.0 Å². The second-order valence-electron chi connectivity index (χ2n) is 11.0. The Labute approximate surface area is 225 Å². The highest BCUT2D eigenvalue weighted by Crippen LogP contribution is 2.13. The molecule has 0 aliphatic carbocycles. The summed E-state index contributed by atoms with van der Waals surface area (Å²) in [5.41, 5.74) is 0. The largest absolute Gasteiger partial charge is 0.336 e. The number of amides is 2. The van der Waals surface area contributed by atoms with Crippen LogP contribution in [0.4, 0.5) is 0 Å². The summed E-state index contributed by atoms with van der Waals surface area (Å²) in [4.78, 5) is 24.7. The molecule has 0 saturated heterocycles. The lowest BCUT2D eigenvalue weighted by molar-refractivity contribution is -0.124. The predicted octanol–water partition coefficient (Wildman–Crippen LogP) is 9.75. The van der Waals surface area contributed by atoms with Crippen molar-refractivity contribution in [2.24, 2.45) is 0 Å². The van der Waals surface area contributed by atoms with Crippen LogP contribution in [-0.2, 0) is 9.59 Å².